The molecule has 88 valence electrons. The molecule has 0 saturated carbocycles. The molecule has 1 atom stereocenters. The molecule has 5 heteroatoms. The van der Waals surface area contributed by atoms with Gasteiger partial charge in [0.05, 0.1) is 12.6 Å². The number of amides is 2. The van der Waals surface area contributed by atoms with Gasteiger partial charge in [-0.1, -0.05) is 19.8 Å². The van der Waals surface area contributed by atoms with Crippen molar-refractivity contribution >= 4 is 11.8 Å². The molecule has 1 unspecified atom stereocenters. The van der Waals surface area contributed by atoms with Crippen LogP contribution in [0, 0.1) is 0 Å². The molecule has 0 bridgehead atoms. The molecule has 0 saturated heterocycles. The first-order chi connectivity index (χ1) is 7.02. The fourth-order valence-electron chi connectivity index (χ4n) is 1.20. The molecule has 0 aliphatic heterocycles. The second kappa shape index (κ2) is 7.23. The third-order valence-electron chi connectivity index (χ3n) is 2.22. The summed E-state index contributed by atoms with van der Waals surface area (Å²) >= 11 is 0. The summed E-state index contributed by atoms with van der Waals surface area (Å²) in [5, 5.41) is 2.46. The van der Waals surface area contributed by atoms with Crippen molar-refractivity contribution in [3.63, 3.8) is 0 Å². The number of carbonyl (C=O) groups is 2. The maximum Gasteiger partial charge on any atom is 0.239 e. The lowest BCUT2D eigenvalue weighted by Gasteiger charge is -2.20. The molecule has 0 aliphatic carbocycles. The van der Waals surface area contributed by atoms with Crippen LogP contribution in [0.1, 0.15) is 26.2 Å². The lowest BCUT2D eigenvalue weighted by molar-refractivity contribution is -0.135. The first kappa shape index (κ1) is 13.9. The SMILES string of the molecule is CCCCC(N)C(=O)N(C)CC(=O)NC. The number of carbonyl (C=O) groups excluding carboxylic acids is 2. The molecular formula is C10H21N3O2. The van der Waals surface area contributed by atoms with Crippen molar-refractivity contribution in [1.29, 1.82) is 0 Å². The van der Waals surface area contributed by atoms with Gasteiger partial charge < -0.3 is 16.0 Å². The van der Waals surface area contributed by atoms with E-state index in [0.717, 1.165) is 12.8 Å². The average Bonchev–Trinajstić information content (AvgIpc) is 2.24. The van der Waals surface area contributed by atoms with Crippen molar-refractivity contribution in [2.45, 2.75) is 32.2 Å². The molecule has 0 heterocycles. The normalized spacial score (nSPS) is 12.0. The van der Waals surface area contributed by atoms with Crippen LogP contribution in [0.15, 0.2) is 0 Å². The predicted octanol–water partition coefficient (Wildman–Crippen LogP) is -0.292. The number of rotatable bonds is 6. The molecular weight excluding hydrogens is 194 g/mol. The van der Waals surface area contributed by atoms with Crippen LogP contribution in [-0.2, 0) is 9.59 Å². The summed E-state index contributed by atoms with van der Waals surface area (Å²) < 4.78 is 0. The van der Waals surface area contributed by atoms with Gasteiger partial charge in [-0.3, -0.25) is 9.59 Å². The highest BCUT2D eigenvalue weighted by atomic mass is 16.2. The standard InChI is InChI=1S/C10H21N3O2/c1-4-5-6-8(11)10(15)13(3)7-9(14)12-2/h8H,4-7,11H2,1-3H3,(H,12,14). The molecule has 0 aromatic carbocycles. The van der Waals surface area contributed by atoms with Crippen molar-refractivity contribution in [3.05, 3.63) is 0 Å². The van der Waals surface area contributed by atoms with E-state index < -0.39 is 6.04 Å². The topological polar surface area (TPSA) is 75.4 Å². The average molecular weight is 215 g/mol. The van der Waals surface area contributed by atoms with Crippen LogP contribution in [0.3, 0.4) is 0 Å². The highest BCUT2D eigenvalue weighted by Gasteiger charge is 2.18. The molecule has 0 spiro atoms. The summed E-state index contributed by atoms with van der Waals surface area (Å²) in [5.74, 6) is -0.361. The van der Waals surface area contributed by atoms with Crippen molar-refractivity contribution in [2.24, 2.45) is 5.73 Å². The minimum Gasteiger partial charge on any atom is -0.358 e. The Morgan fingerprint density at radius 1 is 1.47 bits per heavy atom. The summed E-state index contributed by atoms with van der Waals surface area (Å²) in [6.45, 7) is 2.11. The van der Waals surface area contributed by atoms with E-state index >= 15 is 0 Å². The molecule has 0 aliphatic rings. The number of hydrogen-bond donors (Lipinski definition) is 2. The second-order valence-electron chi connectivity index (χ2n) is 3.62. The van der Waals surface area contributed by atoms with Crippen LogP contribution < -0.4 is 11.1 Å². The van der Waals surface area contributed by atoms with E-state index in [-0.39, 0.29) is 18.4 Å². The van der Waals surface area contributed by atoms with Crippen LogP contribution in [0.2, 0.25) is 0 Å². The van der Waals surface area contributed by atoms with Gasteiger partial charge in [0, 0.05) is 14.1 Å². The third kappa shape index (κ3) is 5.37. The number of nitrogens with two attached hydrogens (primary N) is 1. The van der Waals surface area contributed by atoms with E-state index in [1.165, 1.54) is 11.9 Å². The highest BCUT2D eigenvalue weighted by Crippen LogP contribution is 2.01. The molecule has 0 radical (unpaired) electrons. The first-order valence-electron chi connectivity index (χ1n) is 5.24. The number of likely N-dealkylation sites (N-methyl/N-ethyl adjacent to an activating group) is 2. The van der Waals surface area contributed by atoms with E-state index in [9.17, 15) is 9.59 Å². The Morgan fingerprint density at radius 2 is 2.07 bits per heavy atom. The van der Waals surface area contributed by atoms with E-state index in [4.69, 9.17) is 5.73 Å². The molecule has 3 N–H and O–H groups in total. The number of nitrogens with zero attached hydrogens (tertiary/aromatic N) is 1. The molecule has 5 nitrogen and oxygen atoms in total. The fraction of sp³-hybridized carbons (Fsp3) is 0.800. The summed E-state index contributed by atoms with van der Waals surface area (Å²) in [6, 6.07) is -0.486. The Balaban J connectivity index is 4.01. The van der Waals surface area contributed by atoms with E-state index in [0.29, 0.717) is 6.42 Å². The van der Waals surface area contributed by atoms with Gasteiger partial charge in [0.25, 0.3) is 0 Å². The van der Waals surface area contributed by atoms with E-state index in [1.54, 1.807) is 7.05 Å². The largest absolute Gasteiger partial charge is 0.358 e. The van der Waals surface area contributed by atoms with Crippen LogP contribution in [0.5, 0.6) is 0 Å². The van der Waals surface area contributed by atoms with Crippen LogP contribution in [-0.4, -0.2) is 43.4 Å². The van der Waals surface area contributed by atoms with Crippen molar-refractivity contribution in [1.82, 2.24) is 10.2 Å². The van der Waals surface area contributed by atoms with E-state index in [1.807, 2.05) is 6.92 Å². The molecule has 0 aromatic heterocycles. The fourth-order valence-corrected chi connectivity index (χ4v) is 1.20. The summed E-state index contributed by atoms with van der Waals surface area (Å²) in [6.07, 6.45) is 2.62. The molecule has 0 aromatic rings. The van der Waals surface area contributed by atoms with Crippen LogP contribution in [0.25, 0.3) is 0 Å². The summed E-state index contributed by atoms with van der Waals surface area (Å²) in [7, 11) is 3.13. The van der Waals surface area contributed by atoms with Gasteiger partial charge in [0.15, 0.2) is 0 Å². The summed E-state index contributed by atoms with van der Waals surface area (Å²) in [5.41, 5.74) is 5.70. The Hall–Kier alpha value is -1.10. The molecule has 0 fully saturated rings. The minimum absolute atomic E-state index is 0.0646. The number of unbranched alkanes of at least 4 members (excludes halogenated alkanes) is 1. The Bertz CT molecular complexity index is 219. The maximum atomic E-state index is 11.6. The quantitative estimate of drug-likeness (QED) is 0.639. The van der Waals surface area contributed by atoms with Crippen LogP contribution >= 0.6 is 0 Å². The second-order valence-corrected chi connectivity index (χ2v) is 3.62. The lowest BCUT2D eigenvalue weighted by atomic mass is 10.1. The lowest BCUT2D eigenvalue weighted by Crippen LogP contribution is -2.45. The van der Waals surface area contributed by atoms with Crippen molar-refractivity contribution < 1.29 is 9.59 Å². The number of nitrogens with one attached hydrogen (secondary N) is 1. The Labute approximate surface area is 91.0 Å². The van der Waals surface area contributed by atoms with Gasteiger partial charge in [-0.05, 0) is 6.42 Å². The molecule has 15 heavy (non-hydrogen) atoms. The zero-order valence-corrected chi connectivity index (χ0v) is 9.75. The maximum absolute atomic E-state index is 11.6. The predicted molar refractivity (Wildman–Crippen MR) is 59.2 cm³/mol. The minimum atomic E-state index is -0.486. The third-order valence-corrected chi connectivity index (χ3v) is 2.22. The summed E-state index contributed by atoms with van der Waals surface area (Å²) in [4.78, 5) is 24.0. The van der Waals surface area contributed by atoms with Gasteiger partial charge in [-0.25, -0.2) is 0 Å². The number of hydrogen-bond acceptors (Lipinski definition) is 3. The monoisotopic (exact) mass is 215 g/mol. The van der Waals surface area contributed by atoms with Gasteiger partial charge in [-0.2, -0.15) is 0 Å². The van der Waals surface area contributed by atoms with Gasteiger partial charge in [0.1, 0.15) is 0 Å². The van der Waals surface area contributed by atoms with Gasteiger partial charge >= 0.3 is 0 Å². The van der Waals surface area contributed by atoms with Crippen LogP contribution in [0.4, 0.5) is 0 Å². The highest BCUT2D eigenvalue weighted by molar-refractivity contribution is 5.87. The van der Waals surface area contributed by atoms with Gasteiger partial charge in [-0.15, -0.1) is 0 Å². The molecule has 0 rings (SSSR count). The van der Waals surface area contributed by atoms with Crippen molar-refractivity contribution in [2.75, 3.05) is 20.6 Å². The van der Waals surface area contributed by atoms with E-state index in [2.05, 4.69) is 5.32 Å². The van der Waals surface area contributed by atoms with Gasteiger partial charge in [0.2, 0.25) is 11.8 Å². The molecule has 2 amide bonds. The first-order valence-corrected chi connectivity index (χ1v) is 5.24. The Kier molecular flexibility index (Phi) is 6.70. The zero-order valence-electron chi connectivity index (χ0n) is 9.75. The Morgan fingerprint density at radius 3 is 2.53 bits per heavy atom. The smallest absolute Gasteiger partial charge is 0.239 e. The zero-order chi connectivity index (χ0) is 11.8. The van der Waals surface area contributed by atoms with Crippen molar-refractivity contribution in [3.8, 4) is 0 Å².